The molecule has 0 atom stereocenters. The molecule has 0 unspecified atom stereocenters. The first-order valence-electron chi connectivity index (χ1n) is 6.37. The molecule has 0 saturated heterocycles. The Kier molecular flexibility index (Phi) is 4.66. The molecule has 0 aliphatic heterocycles. The van der Waals surface area contributed by atoms with Crippen LogP contribution in [0.2, 0.25) is 0 Å². The van der Waals surface area contributed by atoms with Gasteiger partial charge >= 0.3 is 5.97 Å². The molecule has 0 saturated carbocycles. The number of methoxy groups -OCH3 is 2. The van der Waals surface area contributed by atoms with Crippen LogP contribution in [0, 0.1) is 0 Å². The second kappa shape index (κ2) is 6.65. The molecule has 5 heteroatoms. The minimum atomic E-state index is -0.427. The number of hydrogen-bond donors (Lipinski definition) is 1. The van der Waals surface area contributed by atoms with E-state index in [-0.39, 0.29) is 0 Å². The van der Waals surface area contributed by atoms with Gasteiger partial charge in [-0.05, 0) is 35.9 Å². The number of rotatable bonds is 5. The fraction of sp³-hybridized carbons (Fsp3) is 0.188. The Balaban J connectivity index is 2.04. The standard InChI is InChI=1S/C16H17NO4/c1-19-13-6-3-11(4-7-13)10-21-15-8-5-12(9-14(15)17)16(18)20-2/h3-9H,10,17H2,1-2H3. The van der Waals surface area contributed by atoms with Crippen LogP contribution in [0.3, 0.4) is 0 Å². The number of carbonyl (C=O) groups excluding carboxylic acids is 1. The van der Waals surface area contributed by atoms with Gasteiger partial charge in [0.1, 0.15) is 18.1 Å². The van der Waals surface area contributed by atoms with Crippen LogP contribution in [0.1, 0.15) is 15.9 Å². The van der Waals surface area contributed by atoms with Gasteiger partial charge in [0.05, 0.1) is 25.5 Å². The number of carbonyl (C=O) groups is 1. The Morgan fingerprint density at radius 1 is 1.10 bits per heavy atom. The zero-order chi connectivity index (χ0) is 15.2. The SMILES string of the molecule is COC(=O)c1ccc(OCc2ccc(OC)cc2)c(N)c1. The summed E-state index contributed by atoms with van der Waals surface area (Å²) in [5.41, 5.74) is 7.65. The predicted octanol–water partition coefficient (Wildman–Crippen LogP) is 2.64. The molecule has 0 heterocycles. The first kappa shape index (κ1) is 14.7. The highest BCUT2D eigenvalue weighted by molar-refractivity contribution is 5.90. The topological polar surface area (TPSA) is 70.8 Å². The molecule has 2 aromatic carbocycles. The van der Waals surface area contributed by atoms with Gasteiger partial charge in [0.25, 0.3) is 0 Å². The Labute approximate surface area is 123 Å². The summed E-state index contributed by atoms with van der Waals surface area (Å²) in [5, 5.41) is 0. The minimum absolute atomic E-state index is 0.381. The fourth-order valence-corrected chi connectivity index (χ4v) is 1.81. The van der Waals surface area contributed by atoms with Crippen LogP contribution < -0.4 is 15.2 Å². The molecule has 0 aliphatic carbocycles. The third-order valence-electron chi connectivity index (χ3n) is 2.98. The first-order valence-corrected chi connectivity index (χ1v) is 6.37. The third kappa shape index (κ3) is 3.66. The van der Waals surface area contributed by atoms with E-state index in [4.69, 9.17) is 15.2 Å². The second-order valence-corrected chi connectivity index (χ2v) is 4.38. The van der Waals surface area contributed by atoms with E-state index in [0.717, 1.165) is 11.3 Å². The van der Waals surface area contributed by atoms with Crippen LogP contribution in [-0.4, -0.2) is 20.2 Å². The van der Waals surface area contributed by atoms with Gasteiger partial charge in [0.2, 0.25) is 0 Å². The van der Waals surface area contributed by atoms with Gasteiger partial charge in [-0.1, -0.05) is 12.1 Å². The maximum atomic E-state index is 11.4. The summed E-state index contributed by atoms with van der Waals surface area (Å²) >= 11 is 0. The summed E-state index contributed by atoms with van der Waals surface area (Å²) in [4.78, 5) is 11.4. The molecular formula is C16H17NO4. The lowest BCUT2D eigenvalue weighted by Gasteiger charge is -2.10. The van der Waals surface area contributed by atoms with Crippen molar-refractivity contribution in [1.82, 2.24) is 0 Å². The molecule has 2 aromatic rings. The predicted molar refractivity (Wildman–Crippen MR) is 79.5 cm³/mol. The van der Waals surface area contributed by atoms with Gasteiger partial charge in [-0.3, -0.25) is 0 Å². The lowest BCUT2D eigenvalue weighted by atomic mass is 10.2. The molecule has 2 rings (SSSR count). The summed E-state index contributed by atoms with van der Waals surface area (Å²) in [6, 6.07) is 12.4. The number of esters is 1. The lowest BCUT2D eigenvalue weighted by molar-refractivity contribution is 0.0600. The van der Waals surface area contributed by atoms with Crippen molar-refractivity contribution in [2.75, 3.05) is 20.0 Å². The molecule has 110 valence electrons. The number of nitrogens with two attached hydrogens (primary N) is 1. The summed E-state index contributed by atoms with van der Waals surface area (Å²) in [5.74, 6) is 0.891. The van der Waals surface area contributed by atoms with Crippen molar-refractivity contribution in [2.24, 2.45) is 0 Å². The van der Waals surface area contributed by atoms with Crippen molar-refractivity contribution in [1.29, 1.82) is 0 Å². The number of hydrogen-bond acceptors (Lipinski definition) is 5. The Bertz CT molecular complexity index is 623. The van der Waals surface area contributed by atoms with Gasteiger partial charge in [-0.2, -0.15) is 0 Å². The minimum Gasteiger partial charge on any atom is -0.497 e. The van der Waals surface area contributed by atoms with Crippen LogP contribution in [0.15, 0.2) is 42.5 Å². The van der Waals surface area contributed by atoms with E-state index >= 15 is 0 Å². The first-order chi connectivity index (χ1) is 10.1. The highest BCUT2D eigenvalue weighted by Crippen LogP contribution is 2.24. The molecule has 0 fully saturated rings. The number of benzene rings is 2. The zero-order valence-corrected chi connectivity index (χ0v) is 12.0. The van der Waals surface area contributed by atoms with Crippen LogP contribution in [-0.2, 0) is 11.3 Å². The Morgan fingerprint density at radius 2 is 1.81 bits per heavy atom. The molecular weight excluding hydrogens is 270 g/mol. The second-order valence-electron chi connectivity index (χ2n) is 4.38. The lowest BCUT2D eigenvalue weighted by Crippen LogP contribution is -2.04. The molecule has 5 nitrogen and oxygen atoms in total. The summed E-state index contributed by atoms with van der Waals surface area (Å²) in [6.45, 7) is 0.381. The summed E-state index contributed by atoms with van der Waals surface area (Å²) in [7, 11) is 2.95. The molecule has 0 aromatic heterocycles. The molecule has 21 heavy (non-hydrogen) atoms. The number of ether oxygens (including phenoxy) is 3. The van der Waals surface area contributed by atoms with E-state index in [0.29, 0.717) is 23.6 Å². The highest BCUT2D eigenvalue weighted by atomic mass is 16.5. The highest BCUT2D eigenvalue weighted by Gasteiger charge is 2.09. The maximum Gasteiger partial charge on any atom is 0.337 e. The molecule has 0 bridgehead atoms. The number of anilines is 1. The Morgan fingerprint density at radius 3 is 2.38 bits per heavy atom. The van der Waals surface area contributed by atoms with Crippen molar-refractivity contribution in [3.05, 3.63) is 53.6 Å². The quantitative estimate of drug-likeness (QED) is 0.676. The van der Waals surface area contributed by atoms with Gasteiger partial charge in [0.15, 0.2) is 0 Å². The molecule has 2 N–H and O–H groups in total. The monoisotopic (exact) mass is 287 g/mol. The van der Waals surface area contributed by atoms with E-state index in [9.17, 15) is 4.79 Å². The molecule has 0 amide bonds. The number of nitrogen functional groups attached to an aromatic ring is 1. The van der Waals surface area contributed by atoms with Crippen LogP contribution in [0.4, 0.5) is 5.69 Å². The van der Waals surface area contributed by atoms with Crippen molar-refractivity contribution < 1.29 is 19.0 Å². The fourth-order valence-electron chi connectivity index (χ4n) is 1.81. The molecule has 0 spiro atoms. The average Bonchev–Trinajstić information content (AvgIpc) is 2.53. The van der Waals surface area contributed by atoms with Crippen molar-refractivity contribution >= 4 is 11.7 Å². The van der Waals surface area contributed by atoms with Gasteiger partial charge in [-0.25, -0.2) is 4.79 Å². The van der Waals surface area contributed by atoms with Crippen LogP contribution >= 0.6 is 0 Å². The summed E-state index contributed by atoms with van der Waals surface area (Å²) < 4.78 is 15.4. The van der Waals surface area contributed by atoms with Gasteiger partial charge < -0.3 is 19.9 Å². The van der Waals surface area contributed by atoms with E-state index in [2.05, 4.69) is 4.74 Å². The van der Waals surface area contributed by atoms with E-state index < -0.39 is 5.97 Å². The van der Waals surface area contributed by atoms with Crippen LogP contribution in [0.25, 0.3) is 0 Å². The van der Waals surface area contributed by atoms with Crippen molar-refractivity contribution in [3.8, 4) is 11.5 Å². The Hall–Kier alpha value is -2.69. The average molecular weight is 287 g/mol. The van der Waals surface area contributed by atoms with Crippen molar-refractivity contribution in [2.45, 2.75) is 6.61 Å². The van der Waals surface area contributed by atoms with Crippen molar-refractivity contribution in [3.63, 3.8) is 0 Å². The zero-order valence-electron chi connectivity index (χ0n) is 12.0. The maximum absolute atomic E-state index is 11.4. The molecule has 0 radical (unpaired) electrons. The van der Waals surface area contributed by atoms with E-state index in [1.807, 2.05) is 24.3 Å². The smallest absolute Gasteiger partial charge is 0.337 e. The van der Waals surface area contributed by atoms with E-state index in [1.165, 1.54) is 13.2 Å². The normalized spacial score (nSPS) is 10.0. The molecule has 0 aliphatic rings. The summed E-state index contributed by atoms with van der Waals surface area (Å²) in [6.07, 6.45) is 0. The van der Waals surface area contributed by atoms with Gasteiger partial charge in [-0.15, -0.1) is 0 Å². The largest absolute Gasteiger partial charge is 0.497 e. The van der Waals surface area contributed by atoms with Crippen LogP contribution in [0.5, 0.6) is 11.5 Å². The van der Waals surface area contributed by atoms with E-state index in [1.54, 1.807) is 19.2 Å². The van der Waals surface area contributed by atoms with Gasteiger partial charge in [0, 0.05) is 0 Å². The third-order valence-corrected chi connectivity index (χ3v) is 2.98.